The van der Waals surface area contributed by atoms with Gasteiger partial charge in [-0.25, -0.2) is 0 Å². The van der Waals surface area contributed by atoms with E-state index in [0.717, 1.165) is 54.2 Å². The first-order valence-electron chi connectivity index (χ1n) is 14.2. The van der Waals surface area contributed by atoms with Crippen LogP contribution in [0.15, 0.2) is 113 Å². The molecule has 2 aliphatic heterocycles. The van der Waals surface area contributed by atoms with Gasteiger partial charge in [-0.2, -0.15) is 0 Å². The van der Waals surface area contributed by atoms with Gasteiger partial charge in [0.15, 0.2) is 0 Å². The van der Waals surface area contributed by atoms with E-state index in [1.807, 2.05) is 84.9 Å². The maximum Gasteiger partial charge on any atom is 0.265 e. The van der Waals surface area contributed by atoms with Crippen LogP contribution in [0, 0.1) is 0 Å². The Kier molecular flexibility index (Phi) is 8.75. The quantitative estimate of drug-likeness (QED) is 0.227. The number of benzene rings is 4. The van der Waals surface area contributed by atoms with E-state index in [2.05, 4.69) is 34.5 Å². The summed E-state index contributed by atoms with van der Waals surface area (Å²) in [5.74, 6) is -0.112. The third kappa shape index (κ3) is 6.79. The minimum Gasteiger partial charge on any atom is -0.349 e. The maximum absolute atomic E-state index is 13.6. The summed E-state index contributed by atoms with van der Waals surface area (Å²) in [5.41, 5.74) is 4.68. The maximum atomic E-state index is 13.6. The Morgan fingerprint density at radius 2 is 1.57 bits per heavy atom. The van der Waals surface area contributed by atoms with Crippen LogP contribution in [-0.4, -0.2) is 35.8 Å². The van der Waals surface area contributed by atoms with Crippen LogP contribution in [0.1, 0.15) is 39.9 Å². The van der Waals surface area contributed by atoms with E-state index in [-0.39, 0.29) is 17.9 Å². The molecule has 7 heteroatoms. The number of nitrogens with one attached hydrogen (secondary N) is 1. The molecular weight excluding hydrogens is 562 g/mol. The Labute approximate surface area is 256 Å². The summed E-state index contributed by atoms with van der Waals surface area (Å²) in [6, 6.07) is 33.7. The number of nitrogens with zero attached hydrogens (tertiary/aromatic N) is 2. The smallest absolute Gasteiger partial charge is 0.265 e. The summed E-state index contributed by atoms with van der Waals surface area (Å²) in [4.78, 5) is 32.5. The number of piperidine rings is 1. The monoisotopic (exact) mass is 593 g/mol. The van der Waals surface area contributed by atoms with Crippen molar-refractivity contribution in [3.63, 3.8) is 0 Å². The molecule has 1 fully saturated rings. The van der Waals surface area contributed by atoms with Crippen LogP contribution in [0.4, 0.5) is 5.69 Å². The van der Waals surface area contributed by atoms with E-state index < -0.39 is 0 Å². The van der Waals surface area contributed by atoms with Crippen molar-refractivity contribution in [1.82, 2.24) is 10.2 Å². The van der Waals surface area contributed by atoms with Crippen molar-refractivity contribution in [2.24, 2.45) is 0 Å². The van der Waals surface area contributed by atoms with E-state index in [9.17, 15) is 9.59 Å². The van der Waals surface area contributed by atoms with Crippen LogP contribution in [0.3, 0.4) is 0 Å². The average Bonchev–Trinajstić information content (AvgIpc) is 3.01. The highest BCUT2D eigenvalue weighted by Gasteiger charge is 2.29. The molecule has 2 amide bonds. The molecule has 1 N–H and O–H groups in total. The Hall–Kier alpha value is -3.84. The number of likely N-dealkylation sites (tertiary alicyclic amines) is 1. The molecule has 0 aliphatic carbocycles. The molecule has 2 heterocycles. The van der Waals surface area contributed by atoms with Gasteiger partial charge in [-0.3, -0.25) is 14.5 Å². The molecule has 42 heavy (non-hydrogen) atoms. The predicted octanol–water partition coefficient (Wildman–Crippen LogP) is 7.41. The van der Waals surface area contributed by atoms with E-state index in [1.165, 1.54) is 17.3 Å². The van der Waals surface area contributed by atoms with Gasteiger partial charge in [0.2, 0.25) is 0 Å². The molecule has 6 rings (SSSR count). The molecule has 0 unspecified atom stereocenters. The van der Waals surface area contributed by atoms with Gasteiger partial charge in [0.05, 0.1) is 17.1 Å². The standard InChI is InChI=1S/C35H32ClN3O2S/c36-29-10-6-9-27(21-29)24-39-31-11-4-5-12-32(31)42-33(35(39)41)22-25-13-15-28(16-14-25)34(40)37-30-17-19-38(20-18-30)23-26-7-2-1-3-8-26/h1-16,21-22,30H,17-20,23-24H2,(H,37,40). The van der Waals surface area contributed by atoms with Crippen molar-refractivity contribution in [2.75, 3.05) is 18.0 Å². The van der Waals surface area contributed by atoms with Crippen LogP contribution in [-0.2, 0) is 17.9 Å². The zero-order valence-corrected chi connectivity index (χ0v) is 24.8. The number of carbonyl (C=O) groups is 2. The lowest BCUT2D eigenvalue weighted by Crippen LogP contribution is -2.44. The second-order valence-corrected chi connectivity index (χ2v) is 12.3. The predicted molar refractivity (Wildman–Crippen MR) is 172 cm³/mol. The zero-order valence-electron chi connectivity index (χ0n) is 23.2. The second-order valence-electron chi connectivity index (χ2n) is 10.7. The van der Waals surface area contributed by atoms with Crippen LogP contribution in [0.5, 0.6) is 0 Å². The molecule has 0 bridgehead atoms. The van der Waals surface area contributed by atoms with E-state index in [1.54, 1.807) is 4.90 Å². The lowest BCUT2D eigenvalue weighted by atomic mass is 10.0. The van der Waals surface area contributed by atoms with Crippen LogP contribution in [0.25, 0.3) is 6.08 Å². The third-order valence-corrected chi connectivity index (χ3v) is 9.02. The topological polar surface area (TPSA) is 52.7 Å². The molecular formula is C35H32ClN3O2S. The number of para-hydroxylation sites is 1. The Bertz CT molecular complexity index is 1600. The van der Waals surface area contributed by atoms with Crippen molar-refractivity contribution < 1.29 is 9.59 Å². The fourth-order valence-corrected chi connectivity index (χ4v) is 6.74. The SMILES string of the molecule is O=C(NC1CCN(Cc2ccccc2)CC1)c1ccc(C=C2Sc3ccccc3N(Cc3cccc(Cl)c3)C2=O)cc1. The van der Waals surface area contributed by atoms with Crippen molar-refractivity contribution in [1.29, 1.82) is 0 Å². The third-order valence-electron chi connectivity index (χ3n) is 7.70. The van der Waals surface area contributed by atoms with Gasteiger partial charge in [-0.15, -0.1) is 0 Å². The molecule has 4 aromatic carbocycles. The summed E-state index contributed by atoms with van der Waals surface area (Å²) in [7, 11) is 0. The van der Waals surface area contributed by atoms with E-state index in [0.29, 0.717) is 22.0 Å². The van der Waals surface area contributed by atoms with Crippen LogP contribution in [0.2, 0.25) is 5.02 Å². The van der Waals surface area contributed by atoms with Crippen molar-refractivity contribution in [2.45, 2.75) is 36.9 Å². The summed E-state index contributed by atoms with van der Waals surface area (Å²) in [6.07, 6.45) is 3.78. The number of rotatable bonds is 7. The number of amides is 2. The second kappa shape index (κ2) is 13.0. The summed E-state index contributed by atoms with van der Waals surface area (Å²) < 4.78 is 0. The number of thioether (sulfide) groups is 1. The summed E-state index contributed by atoms with van der Waals surface area (Å²) in [6.45, 7) is 3.31. The normalized spacial score (nSPS) is 16.8. The Morgan fingerprint density at radius 3 is 2.33 bits per heavy atom. The highest BCUT2D eigenvalue weighted by molar-refractivity contribution is 8.04. The highest BCUT2D eigenvalue weighted by Crippen LogP contribution is 2.42. The molecule has 1 saturated heterocycles. The fraction of sp³-hybridized carbons (Fsp3) is 0.200. The summed E-state index contributed by atoms with van der Waals surface area (Å²) >= 11 is 7.68. The number of halogens is 1. The molecule has 0 aromatic heterocycles. The molecule has 0 radical (unpaired) electrons. The summed E-state index contributed by atoms with van der Waals surface area (Å²) in [5, 5.41) is 3.86. The average molecular weight is 594 g/mol. The molecule has 0 atom stereocenters. The largest absolute Gasteiger partial charge is 0.349 e. The molecule has 0 saturated carbocycles. The van der Waals surface area contributed by atoms with Crippen LogP contribution < -0.4 is 10.2 Å². The molecule has 4 aromatic rings. The minimum absolute atomic E-state index is 0.0551. The number of anilines is 1. The first-order valence-corrected chi connectivity index (χ1v) is 15.4. The first-order chi connectivity index (χ1) is 20.5. The Balaban J connectivity index is 1.10. The van der Waals surface area contributed by atoms with Gasteiger partial charge < -0.3 is 10.2 Å². The van der Waals surface area contributed by atoms with Gasteiger partial charge in [0.1, 0.15) is 0 Å². The lowest BCUT2D eigenvalue weighted by Gasteiger charge is -2.32. The first kappa shape index (κ1) is 28.3. The highest BCUT2D eigenvalue weighted by atomic mass is 35.5. The van der Waals surface area contributed by atoms with Crippen molar-refractivity contribution in [3.05, 3.63) is 135 Å². The number of fused-ring (bicyclic) bond motifs is 1. The number of hydrogen-bond acceptors (Lipinski definition) is 4. The Morgan fingerprint density at radius 1 is 0.857 bits per heavy atom. The van der Waals surface area contributed by atoms with Crippen molar-refractivity contribution >= 4 is 46.9 Å². The van der Waals surface area contributed by atoms with Crippen LogP contribution >= 0.6 is 23.4 Å². The molecule has 0 spiro atoms. The molecule has 5 nitrogen and oxygen atoms in total. The van der Waals surface area contributed by atoms with Gasteiger partial charge in [-0.05, 0) is 72.0 Å². The molecule has 2 aliphatic rings. The number of hydrogen-bond donors (Lipinski definition) is 1. The van der Waals surface area contributed by atoms with E-state index >= 15 is 0 Å². The van der Waals surface area contributed by atoms with Crippen molar-refractivity contribution in [3.8, 4) is 0 Å². The number of carbonyl (C=O) groups excluding carboxylic acids is 2. The molecule has 212 valence electrons. The fourth-order valence-electron chi connectivity index (χ4n) is 5.46. The van der Waals surface area contributed by atoms with E-state index in [4.69, 9.17) is 11.6 Å². The van der Waals surface area contributed by atoms with Gasteiger partial charge >= 0.3 is 0 Å². The lowest BCUT2D eigenvalue weighted by molar-refractivity contribution is -0.114. The van der Waals surface area contributed by atoms with Gasteiger partial charge in [0.25, 0.3) is 11.8 Å². The van der Waals surface area contributed by atoms with Gasteiger partial charge in [0, 0.05) is 41.2 Å². The van der Waals surface area contributed by atoms with Gasteiger partial charge in [-0.1, -0.05) is 90.1 Å². The zero-order chi connectivity index (χ0) is 28.9. The minimum atomic E-state index is -0.0564.